The van der Waals surface area contributed by atoms with Crippen molar-refractivity contribution in [3.05, 3.63) is 209 Å². The summed E-state index contributed by atoms with van der Waals surface area (Å²) in [4.78, 5) is 5.33. The van der Waals surface area contributed by atoms with Crippen molar-refractivity contribution in [3.63, 3.8) is 0 Å². The van der Waals surface area contributed by atoms with Gasteiger partial charge < -0.3 is 10.1 Å². The lowest BCUT2D eigenvalue weighted by Crippen LogP contribution is -2.35. The Hall–Kier alpha value is -6.70. The second-order valence-corrected chi connectivity index (χ2v) is 13.7. The standard InChI is InChI=1S/C48H35N3O/c1-48-30-37(40-27-38(33-12-5-2-6-13-33)26-39(28-40)34-14-7-3-8-15-34)24-25-45(48)52-44-19-11-18-41(46(44)48)47-50-42(35-16-9-4-10-17-35)29-43(51-47)36-22-20-32(31-49)21-23-36/h2-30,45,47,51H,1H3/t45?,47?,48-/m1/s1. The van der Waals surface area contributed by atoms with Gasteiger partial charge in [0.25, 0.3) is 0 Å². The zero-order valence-corrected chi connectivity index (χ0v) is 28.7. The highest BCUT2D eigenvalue weighted by molar-refractivity contribution is 6.13. The fourth-order valence-electron chi connectivity index (χ4n) is 7.72. The molecule has 6 aromatic carbocycles. The summed E-state index contributed by atoms with van der Waals surface area (Å²) >= 11 is 0. The Morgan fingerprint density at radius 1 is 0.654 bits per heavy atom. The zero-order valence-electron chi connectivity index (χ0n) is 28.7. The maximum Gasteiger partial charge on any atom is 0.145 e. The lowest BCUT2D eigenvalue weighted by atomic mass is 9.72. The van der Waals surface area contributed by atoms with Crippen LogP contribution in [-0.4, -0.2) is 11.8 Å². The number of hydrogen-bond donors (Lipinski definition) is 1. The van der Waals surface area contributed by atoms with E-state index in [0.717, 1.165) is 50.5 Å². The van der Waals surface area contributed by atoms with Crippen molar-refractivity contribution in [2.45, 2.75) is 24.6 Å². The van der Waals surface area contributed by atoms with Gasteiger partial charge in [0.2, 0.25) is 0 Å². The molecule has 0 radical (unpaired) electrons. The van der Waals surface area contributed by atoms with Gasteiger partial charge in [0.15, 0.2) is 0 Å². The number of allylic oxidation sites excluding steroid dienone is 3. The van der Waals surface area contributed by atoms with Gasteiger partial charge in [-0.25, -0.2) is 0 Å². The van der Waals surface area contributed by atoms with Crippen LogP contribution in [0.25, 0.3) is 33.5 Å². The van der Waals surface area contributed by atoms with Crippen LogP contribution < -0.4 is 10.1 Å². The number of aliphatic imine (C=N–C) groups is 1. The van der Waals surface area contributed by atoms with Crippen molar-refractivity contribution >= 4 is 17.0 Å². The van der Waals surface area contributed by atoms with Gasteiger partial charge in [-0.2, -0.15) is 5.26 Å². The first-order valence-electron chi connectivity index (χ1n) is 17.7. The highest BCUT2D eigenvalue weighted by Gasteiger charge is 2.47. The molecular formula is C48H35N3O. The van der Waals surface area contributed by atoms with E-state index in [2.05, 4.69) is 152 Å². The first kappa shape index (κ1) is 31.3. The summed E-state index contributed by atoms with van der Waals surface area (Å²) in [6, 6.07) is 54.6. The van der Waals surface area contributed by atoms with Crippen LogP contribution in [0.3, 0.4) is 0 Å². The second-order valence-electron chi connectivity index (χ2n) is 13.7. The molecule has 4 heteroatoms. The minimum absolute atomic E-state index is 0.159. The van der Waals surface area contributed by atoms with Gasteiger partial charge in [-0.1, -0.05) is 127 Å². The number of nitrogens with one attached hydrogen (secondary N) is 1. The molecule has 0 saturated heterocycles. The van der Waals surface area contributed by atoms with Crippen molar-refractivity contribution in [1.82, 2.24) is 5.32 Å². The van der Waals surface area contributed by atoms with E-state index in [0.29, 0.717) is 5.56 Å². The number of fused-ring (bicyclic) bond motifs is 3. The van der Waals surface area contributed by atoms with Crippen molar-refractivity contribution in [3.8, 4) is 34.1 Å². The van der Waals surface area contributed by atoms with E-state index >= 15 is 0 Å². The summed E-state index contributed by atoms with van der Waals surface area (Å²) in [7, 11) is 0. The van der Waals surface area contributed by atoms with Crippen LogP contribution >= 0.6 is 0 Å². The van der Waals surface area contributed by atoms with Crippen molar-refractivity contribution in [2.24, 2.45) is 4.99 Å². The summed E-state index contributed by atoms with van der Waals surface area (Å²) in [6.45, 7) is 2.29. The predicted molar refractivity (Wildman–Crippen MR) is 211 cm³/mol. The Labute approximate surface area is 304 Å². The van der Waals surface area contributed by atoms with Crippen LogP contribution in [0.2, 0.25) is 0 Å². The molecule has 2 aliphatic heterocycles. The van der Waals surface area contributed by atoms with Gasteiger partial charge in [-0.15, -0.1) is 0 Å². The minimum atomic E-state index is -0.453. The fourth-order valence-corrected chi connectivity index (χ4v) is 7.72. The molecule has 0 amide bonds. The Balaban J connectivity index is 1.16. The van der Waals surface area contributed by atoms with Crippen LogP contribution in [0.4, 0.5) is 0 Å². The predicted octanol–water partition coefficient (Wildman–Crippen LogP) is 10.7. The lowest BCUT2D eigenvalue weighted by Gasteiger charge is -2.33. The Bertz CT molecular complexity index is 2410. The van der Waals surface area contributed by atoms with E-state index in [1.54, 1.807) is 0 Å². The first-order chi connectivity index (χ1) is 25.6. The molecule has 0 aromatic heterocycles. The monoisotopic (exact) mass is 669 g/mol. The van der Waals surface area contributed by atoms with E-state index < -0.39 is 5.41 Å². The molecule has 4 nitrogen and oxygen atoms in total. The molecule has 0 saturated carbocycles. The quantitative estimate of drug-likeness (QED) is 0.192. The molecule has 3 aliphatic rings. The molecule has 0 bridgehead atoms. The molecule has 1 N–H and O–H groups in total. The number of benzene rings is 6. The second kappa shape index (κ2) is 12.9. The lowest BCUT2D eigenvalue weighted by molar-refractivity contribution is 0.228. The molecule has 1 aliphatic carbocycles. The third kappa shape index (κ3) is 5.63. The zero-order chi connectivity index (χ0) is 35.1. The van der Waals surface area contributed by atoms with Crippen molar-refractivity contribution in [1.29, 1.82) is 5.26 Å². The van der Waals surface area contributed by atoms with Gasteiger partial charge in [-0.3, -0.25) is 4.99 Å². The van der Waals surface area contributed by atoms with E-state index in [1.165, 1.54) is 22.3 Å². The molecule has 52 heavy (non-hydrogen) atoms. The van der Waals surface area contributed by atoms with Crippen molar-refractivity contribution in [2.75, 3.05) is 0 Å². The van der Waals surface area contributed by atoms with Gasteiger partial charge >= 0.3 is 0 Å². The molecule has 2 heterocycles. The van der Waals surface area contributed by atoms with Crippen LogP contribution in [0.15, 0.2) is 181 Å². The SMILES string of the molecule is C[C@@]12C=C(c3cc(-c4ccccc4)cc(-c4ccccc4)c3)C=CC1Oc1cccc(C3N=C(c4ccccc4)C=C(c4ccc(C#N)cc4)N3)c12. The van der Waals surface area contributed by atoms with Crippen LogP contribution in [0.5, 0.6) is 5.75 Å². The molecule has 0 spiro atoms. The number of nitriles is 1. The Morgan fingerprint density at radius 2 is 1.27 bits per heavy atom. The molecule has 0 fully saturated rings. The first-order valence-corrected chi connectivity index (χ1v) is 17.7. The van der Waals surface area contributed by atoms with Gasteiger partial charge in [-0.05, 0) is 100.0 Å². The van der Waals surface area contributed by atoms with Gasteiger partial charge in [0, 0.05) is 16.8 Å². The van der Waals surface area contributed by atoms with Gasteiger partial charge in [0.05, 0.1) is 22.8 Å². The average Bonchev–Trinajstić information content (AvgIpc) is 3.53. The summed E-state index contributed by atoms with van der Waals surface area (Å²) in [6.07, 6.45) is 8.40. The third-order valence-corrected chi connectivity index (χ3v) is 10.4. The van der Waals surface area contributed by atoms with E-state index in [-0.39, 0.29) is 12.3 Å². The Kier molecular flexibility index (Phi) is 7.75. The van der Waals surface area contributed by atoms with Gasteiger partial charge in [0.1, 0.15) is 18.0 Å². The van der Waals surface area contributed by atoms with E-state index in [1.807, 2.05) is 42.5 Å². The minimum Gasteiger partial charge on any atom is -0.485 e. The largest absolute Gasteiger partial charge is 0.485 e. The molecule has 248 valence electrons. The van der Waals surface area contributed by atoms with E-state index in [9.17, 15) is 5.26 Å². The molecular weight excluding hydrogens is 635 g/mol. The molecule has 3 atom stereocenters. The Morgan fingerprint density at radius 3 is 1.90 bits per heavy atom. The topological polar surface area (TPSA) is 57.4 Å². The normalized spacial score (nSPS) is 19.9. The highest BCUT2D eigenvalue weighted by atomic mass is 16.5. The third-order valence-electron chi connectivity index (χ3n) is 10.4. The van der Waals surface area contributed by atoms with Crippen molar-refractivity contribution < 1.29 is 4.74 Å². The smallest absolute Gasteiger partial charge is 0.145 e. The molecule has 9 rings (SSSR count). The van der Waals surface area contributed by atoms with Crippen LogP contribution in [-0.2, 0) is 5.41 Å². The maximum absolute atomic E-state index is 9.43. The van der Waals surface area contributed by atoms with Crippen LogP contribution in [0, 0.1) is 11.3 Å². The summed E-state index contributed by atoms with van der Waals surface area (Å²) in [5.41, 5.74) is 13.3. The summed E-state index contributed by atoms with van der Waals surface area (Å²) in [5.74, 6) is 0.878. The highest BCUT2D eigenvalue weighted by Crippen LogP contribution is 2.51. The number of rotatable bonds is 6. The average molecular weight is 670 g/mol. The number of ether oxygens (including phenoxy) is 1. The van der Waals surface area contributed by atoms with E-state index in [4.69, 9.17) is 9.73 Å². The number of hydrogen-bond acceptors (Lipinski definition) is 4. The molecule has 2 unspecified atom stereocenters. The summed E-state index contributed by atoms with van der Waals surface area (Å²) in [5, 5.41) is 13.2. The summed E-state index contributed by atoms with van der Waals surface area (Å²) < 4.78 is 6.71. The molecule has 6 aromatic rings. The maximum atomic E-state index is 9.43. The fraction of sp³-hybridized carbons (Fsp3) is 0.0833. The number of nitrogens with zero attached hydrogens (tertiary/aromatic N) is 2. The van der Waals surface area contributed by atoms with Crippen LogP contribution in [0.1, 0.15) is 46.5 Å².